The van der Waals surface area contributed by atoms with Crippen LogP contribution in [0.3, 0.4) is 0 Å². The highest BCUT2D eigenvalue weighted by Crippen LogP contribution is 2.29. The number of fused-ring (bicyclic) bond motifs is 1. The maximum Gasteiger partial charge on any atom is 0.416 e. The summed E-state index contributed by atoms with van der Waals surface area (Å²) in [6.07, 6.45) is -4.48. The lowest BCUT2D eigenvalue weighted by Crippen LogP contribution is -2.41. The van der Waals surface area contributed by atoms with Gasteiger partial charge in [0, 0.05) is 17.7 Å². The van der Waals surface area contributed by atoms with E-state index < -0.39 is 23.6 Å². The first-order valence-electron chi connectivity index (χ1n) is 8.45. The average Bonchev–Trinajstić information content (AvgIpc) is 2.99. The van der Waals surface area contributed by atoms with Crippen LogP contribution in [0.1, 0.15) is 39.0 Å². The number of rotatable bonds is 3. The Hall–Kier alpha value is -3.36. The highest BCUT2D eigenvalue weighted by Gasteiger charge is 2.30. The molecule has 0 saturated heterocycles. The fourth-order valence-corrected chi connectivity index (χ4v) is 2.86. The van der Waals surface area contributed by atoms with E-state index in [1.54, 1.807) is 18.2 Å². The van der Waals surface area contributed by atoms with Crippen LogP contribution in [0.5, 0.6) is 0 Å². The smallest absolute Gasteiger partial charge is 0.329 e. The van der Waals surface area contributed by atoms with E-state index in [-0.39, 0.29) is 5.56 Å². The Morgan fingerprint density at radius 3 is 2.14 bits per heavy atom. The summed E-state index contributed by atoms with van der Waals surface area (Å²) >= 11 is 0. The van der Waals surface area contributed by atoms with Crippen LogP contribution in [-0.2, 0) is 12.7 Å². The summed E-state index contributed by atoms with van der Waals surface area (Å²) in [5, 5.41) is 0. The SMILES string of the molecule is CCn1c(C)nc2cc(C(=O)NNC(=O)c3ccc(C(F)(F)F)cc3)ccc21. The van der Waals surface area contributed by atoms with Gasteiger partial charge < -0.3 is 4.57 Å². The van der Waals surface area contributed by atoms with Crippen molar-refractivity contribution in [3.8, 4) is 0 Å². The number of aryl methyl sites for hydroxylation is 2. The number of hydrogen-bond donors (Lipinski definition) is 2. The van der Waals surface area contributed by atoms with Gasteiger partial charge in [-0.3, -0.25) is 20.4 Å². The Kier molecular flexibility index (Phi) is 5.08. The van der Waals surface area contributed by atoms with E-state index >= 15 is 0 Å². The number of halogens is 3. The highest BCUT2D eigenvalue weighted by molar-refractivity contribution is 6.00. The molecule has 0 spiro atoms. The zero-order chi connectivity index (χ0) is 20.5. The Balaban J connectivity index is 1.68. The number of nitrogens with one attached hydrogen (secondary N) is 2. The molecule has 146 valence electrons. The third-order valence-electron chi connectivity index (χ3n) is 4.28. The number of carbonyl (C=O) groups excluding carboxylic acids is 2. The quantitative estimate of drug-likeness (QED) is 0.673. The standard InChI is InChI=1S/C19H17F3N4O2/c1-3-26-11(2)23-15-10-13(6-9-16(15)26)18(28)25-24-17(27)12-4-7-14(8-5-12)19(20,21)22/h4-10H,3H2,1-2H3,(H,24,27)(H,25,28). The number of benzene rings is 2. The van der Waals surface area contributed by atoms with Crippen LogP contribution >= 0.6 is 0 Å². The number of aromatic nitrogens is 2. The van der Waals surface area contributed by atoms with Gasteiger partial charge in [-0.15, -0.1) is 0 Å². The fraction of sp³-hybridized carbons (Fsp3) is 0.211. The monoisotopic (exact) mass is 390 g/mol. The topological polar surface area (TPSA) is 76.0 Å². The summed E-state index contributed by atoms with van der Waals surface area (Å²) in [6.45, 7) is 4.61. The van der Waals surface area contributed by atoms with E-state index in [2.05, 4.69) is 15.8 Å². The normalized spacial score (nSPS) is 11.5. The van der Waals surface area contributed by atoms with Crippen LogP contribution in [0.15, 0.2) is 42.5 Å². The van der Waals surface area contributed by atoms with Gasteiger partial charge >= 0.3 is 6.18 Å². The van der Waals surface area contributed by atoms with Gasteiger partial charge in [0.1, 0.15) is 5.82 Å². The van der Waals surface area contributed by atoms with Gasteiger partial charge in [0.05, 0.1) is 16.6 Å². The molecule has 0 radical (unpaired) electrons. The highest BCUT2D eigenvalue weighted by atomic mass is 19.4. The second-order valence-electron chi connectivity index (χ2n) is 6.09. The van der Waals surface area contributed by atoms with Gasteiger partial charge in [-0.25, -0.2) is 4.98 Å². The van der Waals surface area contributed by atoms with E-state index in [0.29, 0.717) is 11.1 Å². The van der Waals surface area contributed by atoms with Gasteiger partial charge in [-0.2, -0.15) is 13.2 Å². The molecule has 3 aromatic rings. The maximum absolute atomic E-state index is 12.6. The van der Waals surface area contributed by atoms with Crippen molar-refractivity contribution >= 4 is 22.8 Å². The van der Waals surface area contributed by atoms with Crippen LogP contribution in [0.25, 0.3) is 11.0 Å². The largest absolute Gasteiger partial charge is 0.416 e. The summed E-state index contributed by atoms with van der Waals surface area (Å²) in [7, 11) is 0. The molecule has 0 fully saturated rings. The molecule has 1 aromatic heterocycles. The fourth-order valence-electron chi connectivity index (χ4n) is 2.86. The molecular formula is C19H17F3N4O2. The molecular weight excluding hydrogens is 373 g/mol. The van der Waals surface area contributed by atoms with Crippen LogP contribution in [0, 0.1) is 6.92 Å². The average molecular weight is 390 g/mol. The number of imidazole rings is 1. The molecule has 6 nitrogen and oxygen atoms in total. The molecule has 9 heteroatoms. The van der Waals surface area contributed by atoms with Gasteiger partial charge in [-0.05, 0) is 56.3 Å². The number of amides is 2. The van der Waals surface area contributed by atoms with Crippen molar-refractivity contribution in [2.24, 2.45) is 0 Å². The van der Waals surface area contributed by atoms with Gasteiger partial charge in [0.25, 0.3) is 11.8 Å². The Labute approximate surface area is 158 Å². The van der Waals surface area contributed by atoms with Crippen molar-refractivity contribution in [2.45, 2.75) is 26.6 Å². The minimum Gasteiger partial charge on any atom is -0.329 e. The lowest BCUT2D eigenvalue weighted by molar-refractivity contribution is -0.137. The summed E-state index contributed by atoms with van der Waals surface area (Å²) < 4.78 is 39.7. The zero-order valence-corrected chi connectivity index (χ0v) is 15.1. The molecule has 2 amide bonds. The molecule has 2 N–H and O–H groups in total. The summed E-state index contributed by atoms with van der Waals surface area (Å²) in [6, 6.07) is 8.66. The predicted molar refractivity (Wildman–Crippen MR) is 96.5 cm³/mol. The van der Waals surface area contributed by atoms with Crippen molar-refractivity contribution in [2.75, 3.05) is 0 Å². The second kappa shape index (κ2) is 7.34. The molecule has 0 aliphatic heterocycles. The lowest BCUT2D eigenvalue weighted by Gasteiger charge is -2.09. The van der Waals surface area contributed by atoms with E-state index in [0.717, 1.165) is 42.2 Å². The Morgan fingerprint density at radius 1 is 1.00 bits per heavy atom. The van der Waals surface area contributed by atoms with Crippen LogP contribution in [-0.4, -0.2) is 21.4 Å². The van der Waals surface area contributed by atoms with Crippen molar-refractivity contribution in [1.82, 2.24) is 20.4 Å². The molecule has 0 saturated carbocycles. The summed E-state index contributed by atoms with van der Waals surface area (Å²) in [5.41, 5.74) is 5.40. The molecule has 0 aliphatic rings. The van der Waals surface area contributed by atoms with Crippen LogP contribution in [0.2, 0.25) is 0 Å². The van der Waals surface area contributed by atoms with Crippen molar-refractivity contribution in [1.29, 1.82) is 0 Å². The molecule has 0 atom stereocenters. The minimum absolute atomic E-state index is 0.0129. The molecule has 0 bridgehead atoms. The lowest BCUT2D eigenvalue weighted by atomic mass is 10.1. The molecule has 3 rings (SSSR count). The van der Waals surface area contributed by atoms with E-state index in [9.17, 15) is 22.8 Å². The van der Waals surface area contributed by atoms with Crippen LogP contribution in [0.4, 0.5) is 13.2 Å². The third kappa shape index (κ3) is 3.83. The number of alkyl halides is 3. The molecule has 1 heterocycles. The molecule has 0 unspecified atom stereocenters. The first-order chi connectivity index (χ1) is 13.2. The van der Waals surface area contributed by atoms with Gasteiger partial charge in [0.2, 0.25) is 0 Å². The third-order valence-corrected chi connectivity index (χ3v) is 4.28. The Bertz CT molecular complexity index is 1040. The maximum atomic E-state index is 12.6. The zero-order valence-electron chi connectivity index (χ0n) is 15.1. The second-order valence-corrected chi connectivity index (χ2v) is 6.09. The summed E-state index contributed by atoms with van der Waals surface area (Å²) in [4.78, 5) is 28.7. The number of hydrogen-bond acceptors (Lipinski definition) is 3. The Morgan fingerprint density at radius 2 is 1.57 bits per heavy atom. The van der Waals surface area contributed by atoms with E-state index in [1.165, 1.54) is 0 Å². The van der Waals surface area contributed by atoms with Crippen LogP contribution < -0.4 is 10.9 Å². The predicted octanol–water partition coefficient (Wildman–Crippen LogP) is 3.46. The summed E-state index contributed by atoms with van der Waals surface area (Å²) in [5.74, 6) is -0.467. The van der Waals surface area contributed by atoms with Gasteiger partial charge in [-0.1, -0.05) is 0 Å². The van der Waals surface area contributed by atoms with E-state index in [1.807, 2.05) is 18.4 Å². The van der Waals surface area contributed by atoms with Crippen molar-refractivity contribution in [3.63, 3.8) is 0 Å². The number of hydrazine groups is 1. The van der Waals surface area contributed by atoms with Crippen molar-refractivity contribution in [3.05, 3.63) is 65.0 Å². The number of nitrogens with zero attached hydrogens (tertiary/aromatic N) is 2. The van der Waals surface area contributed by atoms with Gasteiger partial charge in [0.15, 0.2) is 0 Å². The van der Waals surface area contributed by atoms with E-state index in [4.69, 9.17) is 0 Å². The minimum atomic E-state index is -4.48. The van der Waals surface area contributed by atoms with Crippen molar-refractivity contribution < 1.29 is 22.8 Å². The number of carbonyl (C=O) groups is 2. The molecule has 2 aromatic carbocycles. The first kappa shape index (κ1) is 19.4. The first-order valence-corrected chi connectivity index (χ1v) is 8.45. The molecule has 0 aliphatic carbocycles. The molecule has 28 heavy (non-hydrogen) atoms.